The minimum Gasteiger partial charge on any atom is -0.494 e. The van der Waals surface area contributed by atoms with Crippen molar-refractivity contribution in [1.82, 2.24) is 5.06 Å². The van der Waals surface area contributed by atoms with Gasteiger partial charge in [-0.15, -0.1) is 0 Å². The molecule has 1 amide bonds. The van der Waals surface area contributed by atoms with Crippen LogP contribution in [0.25, 0.3) is 0 Å². The van der Waals surface area contributed by atoms with Gasteiger partial charge in [0.05, 0.1) is 20.1 Å². The number of amides is 1. The van der Waals surface area contributed by atoms with E-state index in [1.54, 1.807) is 7.05 Å². The molecule has 0 aliphatic rings. The molecule has 0 saturated carbocycles. The first-order valence-electron chi connectivity index (χ1n) is 5.19. The molecular formula is C12H17NO3. The molecule has 0 aromatic heterocycles. The van der Waals surface area contributed by atoms with Crippen LogP contribution in [0.1, 0.15) is 12.5 Å². The Bertz CT molecular complexity index is 352. The summed E-state index contributed by atoms with van der Waals surface area (Å²) in [6.07, 6.45) is 0.311. The second kappa shape index (κ2) is 6.12. The first-order chi connectivity index (χ1) is 7.67. The molecule has 4 nitrogen and oxygen atoms in total. The van der Waals surface area contributed by atoms with Crippen LogP contribution in [-0.2, 0) is 16.1 Å². The maximum absolute atomic E-state index is 11.6. The van der Waals surface area contributed by atoms with Crippen LogP contribution in [0.3, 0.4) is 0 Å². The normalized spacial score (nSPS) is 9.94. The van der Waals surface area contributed by atoms with Gasteiger partial charge in [-0.05, 0) is 24.6 Å². The van der Waals surface area contributed by atoms with Gasteiger partial charge in [-0.3, -0.25) is 9.63 Å². The predicted octanol–water partition coefficient (Wildman–Crippen LogP) is 1.65. The Kier molecular flexibility index (Phi) is 4.79. The first kappa shape index (κ1) is 12.5. The zero-order valence-corrected chi connectivity index (χ0v) is 9.90. The van der Waals surface area contributed by atoms with Gasteiger partial charge < -0.3 is 4.74 Å². The molecule has 0 fully saturated rings. The minimum absolute atomic E-state index is 0.0869. The van der Waals surface area contributed by atoms with Gasteiger partial charge in [-0.2, -0.15) is 0 Å². The van der Waals surface area contributed by atoms with E-state index in [4.69, 9.17) is 9.57 Å². The lowest BCUT2D eigenvalue weighted by Gasteiger charge is -2.13. The van der Waals surface area contributed by atoms with E-state index < -0.39 is 0 Å². The molecule has 0 radical (unpaired) electrons. The number of likely N-dealkylation sites (N-methyl/N-ethyl adjacent to an activating group) is 1. The Morgan fingerprint density at radius 3 is 2.81 bits per heavy atom. The monoisotopic (exact) mass is 223 g/mol. The van der Waals surface area contributed by atoms with E-state index in [2.05, 4.69) is 0 Å². The van der Waals surface area contributed by atoms with Crippen molar-refractivity contribution in [1.29, 1.82) is 0 Å². The molecule has 0 N–H and O–H groups in total. The van der Waals surface area contributed by atoms with Crippen molar-refractivity contribution in [2.45, 2.75) is 13.3 Å². The SMILES string of the molecule is CCOc1cccc(CC(=O)N(C)OC)c1. The fraction of sp³-hybridized carbons (Fsp3) is 0.417. The summed E-state index contributed by atoms with van der Waals surface area (Å²) >= 11 is 0. The summed E-state index contributed by atoms with van der Waals surface area (Å²) in [7, 11) is 3.06. The Morgan fingerprint density at radius 1 is 1.44 bits per heavy atom. The Balaban J connectivity index is 2.66. The number of rotatable bonds is 5. The molecule has 88 valence electrons. The highest BCUT2D eigenvalue weighted by Gasteiger charge is 2.09. The summed E-state index contributed by atoms with van der Waals surface area (Å²) in [6.45, 7) is 2.55. The smallest absolute Gasteiger partial charge is 0.250 e. The quantitative estimate of drug-likeness (QED) is 0.712. The fourth-order valence-corrected chi connectivity index (χ4v) is 1.30. The molecule has 0 unspecified atom stereocenters. The largest absolute Gasteiger partial charge is 0.494 e. The molecule has 1 aromatic rings. The molecule has 0 saturated heterocycles. The van der Waals surface area contributed by atoms with E-state index in [0.717, 1.165) is 11.3 Å². The van der Waals surface area contributed by atoms with E-state index in [0.29, 0.717) is 13.0 Å². The maximum Gasteiger partial charge on any atom is 0.250 e. The van der Waals surface area contributed by atoms with Crippen molar-refractivity contribution >= 4 is 5.91 Å². The third kappa shape index (κ3) is 3.55. The maximum atomic E-state index is 11.6. The molecular weight excluding hydrogens is 206 g/mol. The summed E-state index contributed by atoms with van der Waals surface area (Å²) in [5.41, 5.74) is 0.917. The molecule has 1 rings (SSSR count). The van der Waals surface area contributed by atoms with Gasteiger partial charge in [0.2, 0.25) is 5.91 Å². The van der Waals surface area contributed by atoms with Crippen molar-refractivity contribution < 1.29 is 14.4 Å². The third-order valence-corrected chi connectivity index (χ3v) is 2.19. The van der Waals surface area contributed by atoms with Gasteiger partial charge >= 0.3 is 0 Å². The molecule has 0 bridgehead atoms. The zero-order chi connectivity index (χ0) is 12.0. The standard InChI is InChI=1S/C12H17NO3/c1-4-16-11-7-5-6-10(8-11)9-12(14)13(2)15-3/h5-8H,4,9H2,1-3H3. The number of ether oxygens (including phenoxy) is 1. The summed E-state index contributed by atoms with van der Waals surface area (Å²) in [4.78, 5) is 16.4. The van der Waals surface area contributed by atoms with Gasteiger partial charge in [0.1, 0.15) is 5.75 Å². The number of hydrogen-bond donors (Lipinski definition) is 0. The second-order valence-corrected chi connectivity index (χ2v) is 3.33. The highest BCUT2D eigenvalue weighted by Crippen LogP contribution is 2.14. The van der Waals surface area contributed by atoms with Gasteiger partial charge in [0, 0.05) is 7.05 Å². The number of hydroxylamine groups is 2. The first-order valence-corrected chi connectivity index (χ1v) is 5.19. The predicted molar refractivity (Wildman–Crippen MR) is 61.1 cm³/mol. The van der Waals surface area contributed by atoms with Crippen molar-refractivity contribution in [3.63, 3.8) is 0 Å². The van der Waals surface area contributed by atoms with Crippen LogP contribution in [0.5, 0.6) is 5.75 Å². The highest BCUT2D eigenvalue weighted by molar-refractivity contribution is 5.77. The van der Waals surface area contributed by atoms with Crippen LogP contribution in [-0.4, -0.2) is 31.7 Å². The molecule has 16 heavy (non-hydrogen) atoms. The van der Waals surface area contributed by atoms with Crippen molar-refractivity contribution in [2.24, 2.45) is 0 Å². The van der Waals surface area contributed by atoms with Crippen LogP contribution in [0.2, 0.25) is 0 Å². The molecule has 1 aromatic carbocycles. The summed E-state index contributed by atoms with van der Waals surface area (Å²) in [5.74, 6) is 0.698. The Labute approximate surface area is 95.7 Å². The molecule has 0 spiro atoms. The van der Waals surface area contributed by atoms with Gasteiger partial charge in [-0.25, -0.2) is 5.06 Å². The Hall–Kier alpha value is -1.55. The average molecular weight is 223 g/mol. The van der Waals surface area contributed by atoms with Gasteiger partial charge in [0.15, 0.2) is 0 Å². The van der Waals surface area contributed by atoms with Crippen LogP contribution < -0.4 is 4.74 Å². The summed E-state index contributed by atoms with van der Waals surface area (Å²) < 4.78 is 5.36. The lowest BCUT2D eigenvalue weighted by atomic mass is 10.1. The summed E-state index contributed by atoms with van der Waals surface area (Å²) in [6, 6.07) is 7.51. The minimum atomic E-state index is -0.0869. The van der Waals surface area contributed by atoms with Gasteiger partial charge in [-0.1, -0.05) is 12.1 Å². The number of nitrogens with zero attached hydrogens (tertiary/aromatic N) is 1. The van der Waals surface area contributed by atoms with Crippen LogP contribution in [0, 0.1) is 0 Å². The molecule has 0 aliphatic heterocycles. The third-order valence-electron chi connectivity index (χ3n) is 2.19. The zero-order valence-electron chi connectivity index (χ0n) is 9.90. The molecule has 0 aliphatic carbocycles. The van der Waals surface area contributed by atoms with E-state index in [1.807, 2.05) is 31.2 Å². The second-order valence-electron chi connectivity index (χ2n) is 3.33. The van der Waals surface area contributed by atoms with E-state index in [1.165, 1.54) is 12.2 Å². The van der Waals surface area contributed by atoms with Crippen molar-refractivity contribution in [3.8, 4) is 5.75 Å². The van der Waals surface area contributed by atoms with Crippen molar-refractivity contribution in [2.75, 3.05) is 20.8 Å². The van der Waals surface area contributed by atoms with E-state index in [9.17, 15) is 4.79 Å². The lowest BCUT2D eigenvalue weighted by Crippen LogP contribution is -2.26. The topological polar surface area (TPSA) is 38.8 Å². The molecule has 0 heterocycles. The molecule has 4 heteroatoms. The van der Waals surface area contributed by atoms with E-state index in [-0.39, 0.29) is 5.91 Å². The summed E-state index contributed by atoms with van der Waals surface area (Å²) in [5, 5.41) is 1.22. The number of hydrogen-bond acceptors (Lipinski definition) is 3. The number of carbonyl (C=O) groups is 1. The van der Waals surface area contributed by atoms with Gasteiger partial charge in [0.25, 0.3) is 0 Å². The van der Waals surface area contributed by atoms with Crippen LogP contribution in [0.4, 0.5) is 0 Å². The van der Waals surface area contributed by atoms with E-state index >= 15 is 0 Å². The highest BCUT2D eigenvalue weighted by atomic mass is 16.7. The fourth-order valence-electron chi connectivity index (χ4n) is 1.30. The van der Waals surface area contributed by atoms with Crippen molar-refractivity contribution in [3.05, 3.63) is 29.8 Å². The molecule has 0 atom stereocenters. The average Bonchev–Trinajstić information content (AvgIpc) is 2.29. The van der Waals surface area contributed by atoms with Crippen LogP contribution in [0.15, 0.2) is 24.3 Å². The Morgan fingerprint density at radius 2 is 2.19 bits per heavy atom. The lowest BCUT2D eigenvalue weighted by molar-refractivity contribution is -0.167. The number of benzene rings is 1. The van der Waals surface area contributed by atoms with Crippen LogP contribution >= 0.6 is 0 Å². The number of carbonyl (C=O) groups excluding carboxylic acids is 1.